The van der Waals surface area contributed by atoms with E-state index in [4.69, 9.17) is 5.11 Å². The summed E-state index contributed by atoms with van der Waals surface area (Å²) in [5, 5.41) is 7.65. The van der Waals surface area contributed by atoms with Crippen LogP contribution in [0.15, 0.2) is 0 Å². The second kappa shape index (κ2) is 10.2. The third-order valence-corrected chi connectivity index (χ3v) is 1.34. The lowest BCUT2D eigenvalue weighted by atomic mass is 10.5. The predicted octanol–water partition coefficient (Wildman–Crippen LogP) is 2.11. The Balaban J connectivity index is 0. The number of hydrogen-bond donors (Lipinski definition) is 2. The van der Waals surface area contributed by atoms with Crippen LogP contribution in [-0.4, -0.2) is 34.0 Å². The van der Waals surface area contributed by atoms with E-state index in [-0.39, 0.29) is 4.38 Å². The molecule has 2 nitrogen and oxygen atoms in total. The molecule has 0 spiro atoms. The number of rotatable bonds is 3. The molecule has 0 bridgehead atoms. The molecule has 0 saturated heterocycles. The monoisotopic (exact) mass is 195 g/mol. The Hall–Kier alpha value is 0.200. The maximum atomic E-state index is 7.65. The maximum Gasteiger partial charge on any atom is 0.214 e. The smallest absolute Gasteiger partial charge is 0.214 e. The van der Waals surface area contributed by atoms with Crippen LogP contribution in [0.25, 0.3) is 0 Å². The van der Waals surface area contributed by atoms with Gasteiger partial charge in [-0.25, -0.2) is 0 Å². The highest BCUT2D eigenvalue weighted by atomic mass is 32.1. The molecule has 0 aromatic heterocycles. The van der Waals surface area contributed by atoms with Gasteiger partial charge in [-0.05, 0) is 31.9 Å². The average molecular weight is 195 g/mol. The third kappa shape index (κ3) is 17.8. The van der Waals surface area contributed by atoms with Crippen LogP contribution in [-0.2, 0) is 0 Å². The number of thiocarbonyl (C=S) groups is 1. The molecule has 0 radical (unpaired) electrons. The molecular formula is C7H17NOS2. The molecule has 0 atom stereocenters. The third-order valence-electron chi connectivity index (χ3n) is 1.34. The van der Waals surface area contributed by atoms with E-state index in [1.54, 1.807) is 0 Å². The minimum absolute atomic E-state index is 0.306. The number of thiol groups is 1. The van der Waals surface area contributed by atoms with Crippen molar-refractivity contribution in [2.24, 2.45) is 0 Å². The standard InChI is InChI=1S/C6H15N.CH2OS2/c1-4-7(5-2)6-3;2-1(3)4/h4-6H2,1-3H3;(H2,2,3,4). The molecule has 0 aliphatic carbocycles. The fourth-order valence-corrected chi connectivity index (χ4v) is 0.671. The van der Waals surface area contributed by atoms with Gasteiger partial charge < -0.3 is 10.0 Å². The van der Waals surface area contributed by atoms with E-state index >= 15 is 0 Å². The number of nitrogens with zero attached hydrogens (tertiary/aromatic N) is 1. The Morgan fingerprint density at radius 1 is 1.27 bits per heavy atom. The first-order chi connectivity index (χ1) is 5.08. The zero-order valence-electron chi connectivity index (χ0n) is 7.37. The largest absolute Gasteiger partial charge is 0.494 e. The minimum Gasteiger partial charge on any atom is -0.494 e. The van der Waals surface area contributed by atoms with E-state index in [2.05, 4.69) is 50.5 Å². The molecule has 0 rings (SSSR count). The summed E-state index contributed by atoms with van der Waals surface area (Å²) in [4.78, 5) is 2.38. The van der Waals surface area contributed by atoms with Gasteiger partial charge in [0.05, 0.1) is 0 Å². The van der Waals surface area contributed by atoms with Crippen molar-refractivity contribution < 1.29 is 5.11 Å². The van der Waals surface area contributed by atoms with Crippen LogP contribution >= 0.6 is 24.8 Å². The Morgan fingerprint density at radius 3 is 1.45 bits per heavy atom. The predicted molar refractivity (Wildman–Crippen MR) is 57.7 cm³/mol. The molecule has 0 amide bonds. The SMILES string of the molecule is CCN(CC)CC.OC(=S)S. The zero-order chi connectivity index (χ0) is 9.28. The Bertz CT molecular complexity index is 84.9. The second-order valence-electron chi connectivity index (χ2n) is 1.90. The first-order valence-electron chi connectivity index (χ1n) is 3.72. The molecule has 4 heteroatoms. The lowest BCUT2D eigenvalue weighted by Gasteiger charge is -2.13. The normalized spacial score (nSPS) is 8.82. The van der Waals surface area contributed by atoms with E-state index in [0.717, 1.165) is 0 Å². The van der Waals surface area contributed by atoms with Gasteiger partial charge in [0.1, 0.15) is 0 Å². The van der Waals surface area contributed by atoms with Gasteiger partial charge in [-0.1, -0.05) is 33.4 Å². The topological polar surface area (TPSA) is 23.5 Å². The number of aliphatic hydroxyl groups excluding tert-OH is 1. The Labute approximate surface area is 80.0 Å². The summed E-state index contributed by atoms with van der Waals surface area (Å²) in [5.74, 6) is 0. The van der Waals surface area contributed by atoms with Gasteiger partial charge in [-0.15, -0.1) is 0 Å². The minimum atomic E-state index is -0.306. The second-order valence-corrected chi connectivity index (χ2v) is 3.01. The molecule has 1 N–H and O–H groups in total. The number of hydrogen-bond acceptors (Lipinski definition) is 2. The van der Waals surface area contributed by atoms with Crippen LogP contribution in [0.3, 0.4) is 0 Å². The van der Waals surface area contributed by atoms with E-state index in [0.29, 0.717) is 0 Å². The van der Waals surface area contributed by atoms with Crippen molar-refractivity contribution in [1.29, 1.82) is 0 Å². The first-order valence-corrected chi connectivity index (χ1v) is 4.58. The van der Waals surface area contributed by atoms with E-state index < -0.39 is 0 Å². The van der Waals surface area contributed by atoms with Crippen molar-refractivity contribution >= 4 is 29.2 Å². The summed E-state index contributed by atoms with van der Waals surface area (Å²) >= 11 is 7.21. The average Bonchev–Trinajstić information content (AvgIpc) is 1.90. The van der Waals surface area contributed by atoms with Crippen LogP contribution < -0.4 is 0 Å². The van der Waals surface area contributed by atoms with Gasteiger partial charge in [0.2, 0.25) is 4.38 Å². The highest BCUT2D eigenvalue weighted by Gasteiger charge is 1.89. The summed E-state index contributed by atoms with van der Waals surface area (Å²) in [5.41, 5.74) is 0. The molecule has 0 aliphatic rings. The van der Waals surface area contributed by atoms with Gasteiger partial charge in [-0.2, -0.15) is 0 Å². The highest BCUT2D eigenvalue weighted by molar-refractivity contribution is 8.10. The maximum absolute atomic E-state index is 7.65. The molecule has 11 heavy (non-hydrogen) atoms. The van der Waals surface area contributed by atoms with Crippen molar-refractivity contribution in [2.75, 3.05) is 19.6 Å². The molecule has 0 aliphatic heterocycles. The van der Waals surface area contributed by atoms with Crippen molar-refractivity contribution in [3.05, 3.63) is 0 Å². The van der Waals surface area contributed by atoms with E-state index in [1.165, 1.54) is 19.6 Å². The summed E-state index contributed by atoms with van der Waals surface area (Å²) < 4.78 is -0.306. The Kier molecular flexibility index (Phi) is 12.8. The molecule has 0 aromatic rings. The van der Waals surface area contributed by atoms with Crippen LogP contribution in [0, 0.1) is 0 Å². The molecule has 0 fully saturated rings. The summed E-state index contributed by atoms with van der Waals surface area (Å²) in [6.07, 6.45) is 0. The van der Waals surface area contributed by atoms with Crippen molar-refractivity contribution in [1.82, 2.24) is 4.90 Å². The lowest BCUT2D eigenvalue weighted by Crippen LogP contribution is -2.21. The van der Waals surface area contributed by atoms with Crippen LogP contribution in [0.4, 0.5) is 0 Å². The quantitative estimate of drug-likeness (QED) is 0.532. The fourth-order valence-electron chi connectivity index (χ4n) is 0.671. The Morgan fingerprint density at radius 2 is 1.45 bits per heavy atom. The van der Waals surface area contributed by atoms with Gasteiger partial charge in [-0.3, -0.25) is 0 Å². The molecule has 0 aromatic carbocycles. The van der Waals surface area contributed by atoms with Gasteiger partial charge in [0.15, 0.2) is 0 Å². The lowest BCUT2D eigenvalue weighted by molar-refractivity contribution is 0.321. The summed E-state index contributed by atoms with van der Waals surface area (Å²) in [6.45, 7) is 10.1. The van der Waals surface area contributed by atoms with Gasteiger partial charge >= 0.3 is 0 Å². The molecule has 0 heterocycles. The van der Waals surface area contributed by atoms with E-state index in [1.807, 2.05) is 0 Å². The molecular weight excluding hydrogens is 178 g/mol. The molecule has 0 unspecified atom stereocenters. The van der Waals surface area contributed by atoms with E-state index in [9.17, 15) is 0 Å². The summed E-state index contributed by atoms with van der Waals surface area (Å²) in [7, 11) is 0. The summed E-state index contributed by atoms with van der Waals surface area (Å²) in [6, 6.07) is 0. The van der Waals surface area contributed by atoms with Crippen molar-refractivity contribution in [3.63, 3.8) is 0 Å². The van der Waals surface area contributed by atoms with Crippen molar-refractivity contribution in [3.8, 4) is 0 Å². The van der Waals surface area contributed by atoms with Crippen LogP contribution in [0.5, 0.6) is 0 Å². The van der Waals surface area contributed by atoms with Crippen LogP contribution in [0.1, 0.15) is 20.8 Å². The van der Waals surface area contributed by atoms with Crippen molar-refractivity contribution in [2.45, 2.75) is 20.8 Å². The fraction of sp³-hybridized carbons (Fsp3) is 0.857. The molecule has 68 valence electrons. The molecule has 0 saturated carbocycles. The first kappa shape index (κ1) is 13.8. The number of aliphatic hydroxyl groups is 1. The van der Waals surface area contributed by atoms with Crippen LogP contribution in [0.2, 0.25) is 0 Å². The zero-order valence-corrected chi connectivity index (χ0v) is 9.08. The van der Waals surface area contributed by atoms with Gasteiger partial charge in [0, 0.05) is 0 Å². The highest BCUT2D eigenvalue weighted by Crippen LogP contribution is 1.81. The van der Waals surface area contributed by atoms with Gasteiger partial charge in [0.25, 0.3) is 0 Å².